The quantitative estimate of drug-likeness (QED) is 0.653. The molecule has 1 saturated carbocycles. The Labute approximate surface area is 188 Å². The molecule has 31 heavy (non-hydrogen) atoms. The van der Waals surface area contributed by atoms with Crippen LogP contribution in [0.2, 0.25) is 0 Å². The van der Waals surface area contributed by atoms with Crippen molar-refractivity contribution in [3.8, 4) is 10.4 Å². The van der Waals surface area contributed by atoms with Crippen molar-refractivity contribution < 1.29 is 18.3 Å². The lowest BCUT2D eigenvalue weighted by Crippen LogP contribution is -2.38. The van der Waals surface area contributed by atoms with Gasteiger partial charge in [-0.2, -0.15) is 4.31 Å². The highest BCUT2D eigenvalue weighted by molar-refractivity contribution is 7.88. The number of hydrogen-bond donors (Lipinski definition) is 1. The van der Waals surface area contributed by atoms with Crippen molar-refractivity contribution in [1.29, 1.82) is 0 Å². The smallest absolute Gasteiger partial charge is 0.346 e. The van der Waals surface area contributed by atoms with Gasteiger partial charge in [0.25, 0.3) is 0 Å². The monoisotopic (exact) mass is 459 g/mol. The van der Waals surface area contributed by atoms with Crippen LogP contribution in [0, 0.1) is 11.8 Å². The summed E-state index contributed by atoms with van der Waals surface area (Å²) in [6.45, 7) is 3.04. The summed E-state index contributed by atoms with van der Waals surface area (Å²) in [5, 5.41) is 9.95. The van der Waals surface area contributed by atoms with E-state index in [2.05, 4.69) is 6.92 Å². The van der Waals surface area contributed by atoms with Gasteiger partial charge in [0.05, 0.1) is 6.26 Å². The fraction of sp³-hybridized carbons (Fsp3) is 0.458. The van der Waals surface area contributed by atoms with Gasteiger partial charge in [-0.05, 0) is 53.9 Å². The van der Waals surface area contributed by atoms with Gasteiger partial charge in [-0.15, -0.1) is 11.3 Å². The maximum Gasteiger partial charge on any atom is 0.346 e. The maximum absolute atomic E-state index is 12.3. The Balaban J connectivity index is 1.82. The zero-order chi connectivity index (χ0) is 22.2. The molecule has 0 bridgehead atoms. The minimum Gasteiger partial charge on any atom is -0.477 e. The third kappa shape index (κ3) is 4.78. The Hall–Kier alpha value is -1.96. The molecule has 1 aromatic carbocycles. The molecule has 0 saturated heterocycles. The topological polar surface area (TPSA) is 74.7 Å². The van der Waals surface area contributed by atoms with Crippen molar-refractivity contribution in [3.63, 3.8) is 0 Å². The number of nitrogens with zero attached hydrogens (tertiary/aromatic N) is 1. The van der Waals surface area contributed by atoms with E-state index in [-0.39, 0.29) is 0 Å². The Morgan fingerprint density at radius 2 is 1.81 bits per heavy atom. The molecule has 0 spiro atoms. The molecule has 1 N–H and O–H groups in total. The molecule has 1 aliphatic heterocycles. The molecule has 7 heteroatoms. The molecule has 0 radical (unpaired) electrons. The Morgan fingerprint density at radius 1 is 1.13 bits per heavy atom. The van der Waals surface area contributed by atoms with Crippen LogP contribution in [0.3, 0.4) is 0 Å². The summed E-state index contributed by atoms with van der Waals surface area (Å²) in [6, 6.07) is 11.8. The fourth-order valence-corrected chi connectivity index (χ4v) is 6.68. The summed E-state index contributed by atoms with van der Waals surface area (Å²) in [5.74, 6) is 0.0876. The molecule has 166 valence electrons. The Kier molecular flexibility index (Phi) is 6.37. The first-order chi connectivity index (χ1) is 14.7. The van der Waals surface area contributed by atoms with Gasteiger partial charge in [0.1, 0.15) is 4.88 Å². The first-order valence-corrected chi connectivity index (χ1v) is 13.5. The van der Waals surface area contributed by atoms with Gasteiger partial charge in [0.2, 0.25) is 10.0 Å². The highest BCUT2D eigenvalue weighted by Gasteiger charge is 2.33. The average Bonchev–Trinajstić information content (AvgIpc) is 3.20. The lowest BCUT2D eigenvalue weighted by atomic mass is 9.75. The summed E-state index contributed by atoms with van der Waals surface area (Å²) < 4.78 is 26.1. The van der Waals surface area contributed by atoms with Crippen molar-refractivity contribution in [1.82, 2.24) is 4.31 Å². The highest BCUT2D eigenvalue weighted by Crippen LogP contribution is 2.43. The van der Waals surface area contributed by atoms with Crippen molar-refractivity contribution in [2.24, 2.45) is 11.8 Å². The van der Waals surface area contributed by atoms with Crippen LogP contribution in [0.25, 0.3) is 16.0 Å². The number of benzene rings is 1. The third-order valence-corrected chi connectivity index (χ3v) is 9.05. The minimum atomic E-state index is -3.29. The number of aromatic carboxylic acids is 1. The van der Waals surface area contributed by atoms with Crippen LogP contribution in [0.4, 0.5) is 0 Å². The van der Waals surface area contributed by atoms with Crippen LogP contribution in [-0.4, -0.2) is 43.1 Å². The third-order valence-electron chi connectivity index (χ3n) is 6.63. The number of hydrogen-bond acceptors (Lipinski definition) is 4. The number of carbonyl (C=O) groups is 1. The molecule has 4 rings (SSSR count). The molecule has 1 aliphatic carbocycles. The summed E-state index contributed by atoms with van der Waals surface area (Å²) in [6.07, 6.45) is 6.15. The van der Waals surface area contributed by atoms with Gasteiger partial charge in [-0.3, -0.25) is 0 Å². The predicted octanol–water partition coefficient (Wildman–Crippen LogP) is 5.36. The minimum absolute atomic E-state index is 0.317. The van der Waals surface area contributed by atoms with E-state index in [4.69, 9.17) is 0 Å². The van der Waals surface area contributed by atoms with E-state index in [0.29, 0.717) is 36.2 Å². The standard InChI is InChI=1S/C24H29NO4S2/c1-16-8-10-17(11-9-16)21-15-25(31(2,28)29)13-12-19(21)20-14-22(30-23(20)24(26)27)18-6-4-3-5-7-18/h3-7,14,16-17H,8-13,15H2,1-2H3,(H,26,27). The van der Waals surface area contributed by atoms with Gasteiger partial charge in [0, 0.05) is 23.5 Å². The van der Waals surface area contributed by atoms with Crippen LogP contribution < -0.4 is 0 Å². The number of rotatable bonds is 5. The summed E-state index contributed by atoms with van der Waals surface area (Å²) in [4.78, 5) is 13.4. The van der Waals surface area contributed by atoms with E-state index in [0.717, 1.165) is 52.8 Å². The van der Waals surface area contributed by atoms with E-state index in [1.54, 1.807) is 4.31 Å². The number of carboxylic acid groups (broad SMARTS) is 1. The van der Waals surface area contributed by atoms with Crippen LogP contribution >= 0.6 is 11.3 Å². The van der Waals surface area contributed by atoms with Gasteiger partial charge in [-0.1, -0.05) is 50.1 Å². The highest BCUT2D eigenvalue weighted by atomic mass is 32.2. The molecule has 2 aliphatic rings. The lowest BCUT2D eigenvalue weighted by Gasteiger charge is -2.36. The molecule has 2 aromatic rings. The summed E-state index contributed by atoms with van der Waals surface area (Å²) in [7, 11) is -3.29. The van der Waals surface area contributed by atoms with Gasteiger partial charge in [-0.25, -0.2) is 13.2 Å². The van der Waals surface area contributed by atoms with Gasteiger partial charge in [0.15, 0.2) is 0 Å². The van der Waals surface area contributed by atoms with Crippen LogP contribution in [0.15, 0.2) is 42.0 Å². The second-order valence-electron chi connectivity index (χ2n) is 8.83. The SMILES string of the molecule is CC1CCC(C2=C(c3cc(-c4ccccc4)sc3C(=O)O)CCN(S(C)(=O)=O)C2)CC1. The normalized spacial score (nSPS) is 23.2. The molecule has 0 amide bonds. The van der Waals surface area contributed by atoms with Crippen LogP contribution in [-0.2, 0) is 10.0 Å². The number of thiophene rings is 1. The zero-order valence-electron chi connectivity index (χ0n) is 18.0. The maximum atomic E-state index is 12.3. The molecule has 2 heterocycles. The average molecular weight is 460 g/mol. The van der Waals surface area contributed by atoms with E-state index in [1.807, 2.05) is 36.4 Å². The second kappa shape index (κ2) is 8.88. The number of sulfonamides is 1. The van der Waals surface area contributed by atoms with Crippen molar-refractivity contribution in [3.05, 3.63) is 52.4 Å². The molecular weight excluding hydrogens is 430 g/mol. The van der Waals surface area contributed by atoms with E-state index >= 15 is 0 Å². The first kappa shape index (κ1) is 22.2. The van der Waals surface area contributed by atoms with Crippen molar-refractivity contribution in [2.45, 2.75) is 39.0 Å². The summed E-state index contributed by atoms with van der Waals surface area (Å²) >= 11 is 1.30. The first-order valence-electron chi connectivity index (χ1n) is 10.8. The lowest BCUT2D eigenvalue weighted by molar-refractivity contribution is 0.0701. The molecule has 0 atom stereocenters. The molecule has 1 fully saturated rings. The molecule has 5 nitrogen and oxygen atoms in total. The predicted molar refractivity (Wildman–Crippen MR) is 126 cm³/mol. The summed E-state index contributed by atoms with van der Waals surface area (Å²) in [5.41, 5.74) is 3.96. The largest absolute Gasteiger partial charge is 0.477 e. The van der Waals surface area contributed by atoms with Crippen LogP contribution in [0.5, 0.6) is 0 Å². The zero-order valence-corrected chi connectivity index (χ0v) is 19.6. The van der Waals surface area contributed by atoms with E-state index < -0.39 is 16.0 Å². The fourth-order valence-electron chi connectivity index (χ4n) is 4.86. The van der Waals surface area contributed by atoms with E-state index in [9.17, 15) is 18.3 Å². The van der Waals surface area contributed by atoms with Gasteiger partial charge < -0.3 is 5.11 Å². The van der Waals surface area contributed by atoms with Crippen LogP contribution in [0.1, 0.15) is 54.3 Å². The number of carboxylic acids is 1. The van der Waals surface area contributed by atoms with E-state index in [1.165, 1.54) is 17.6 Å². The molecular formula is C24H29NO4S2. The Bertz CT molecular complexity index is 1090. The van der Waals surface area contributed by atoms with Crippen molar-refractivity contribution >= 4 is 32.9 Å². The Morgan fingerprint density at radius 3 is 2.42 bits per heavy atom. The van der Waals surface area contributed by atoms with Crippen molar-refractivity contribution in [2.75, 3.05) is 19.3 Å². The second-order valence-corrected chi connectivity index (χ2v) is 11.9. The van der Waals surface area contributed by atoms with Gasteiger partial charge >= 0.3 is 5.97 Å². The molecule has 1 aromatic heterocycles. The molecule has 0 unspecified atom stereocenters.